The summed E-state index contributed by atoms with van der Waals surface area (Å²) in [5, 5.41) is 9.64. The molecule has 2 aromatic carbocycles. The second-order valence-corrected chi connectivity index (χ2v) is 4.50. The molecular weight excluding hydrogens is 259 g/mol. The largest absolute Gasteiger partial charge is 0.497 e. The van der Waals surface area contributed by atoms with E-state index >= 15 is 0 Å². The van der Waals surface area contributed by atoms with E-state index in [1.807, 2.05) is 24.3 Å². The number of hydrogen-bond donors (Lipinski definition) is 1. The van der Waals surface area contributed by atoms with Crippen LogP contribution in [-0.2, 0) is 6.61 Å². The van der Waals surface area contributed by atoms with Gasteiger partial charge in [-0.25, -0.2) is 4.39 Å². The van der Waals surface area contributed by atoms with Gasteiger partial charge in [-0.05, 0) is 42.8 Å². The van der Waals surface area contributed by atoms with Crippen LogP contribution in [0.25, 0.3) is 0 Å². The van der Waals surface area contributed by atoms with Crippen molar-refractivity contribution in [3.05, 3.63) is 59.4 Å². The molecule has 20 heavy (non-hydrogen) atoms. The SMILES string of the molecule is COc1cccc(COc2ccc(F)cc2C(C)O)c1. The van der Waals surface area contributed by atoms with Crippen LogP contribution in [0.4, 0.5) is 4.39 Å². The number of hydrogen-bond acceptors (Lipinski definition) is 3. The van der Waals surface area contributed by atoms with Gasteiger partial charge in [0.05, 0.1) is 13.2 Å². The Balaban J connectivity index is 2.14. The molecule has 0 aromatic heterocycles. The first-order valence-electron chi connectivity index (χ1n) is 6.33. The van der Waals surface area contributed by atoms with E-state index in [0.29, 0.717) is 17.9 Å². The van der Waals surface area contributed by atoms with E-state index in [2.05, 4.69) is 0 Å². The average Bonchev–Trinajstić information content (AvgIpc) is 2.46. The molecule has 2 rings (SSSR count). The minimum absolute atomic E-state index is 0.322. The molecule has 3 nitrogen and oxygen atoms in total. The molecule has 0 fully saturated rings. The molecule has 0 radical (unpaired) electrons. The van der Waals surface area contributed by atoms with E-state index in [9.17, 15) is 9.50 Å². The second kappa shape index (κ2) is 6.39. The van der Waals surface area contributed by atoms with Crippen molar-refractivity contribution in [3.63, 3.8) is 0 Å². The fourth-order valence-corrected chi connectivity index (χ4v) is 1.90. The van der Waals surface area contributed by atoms with Crippen molar-refractivity contribution in [1.82, 2.24) is 0 Å². The lowest BCUT2D eigenvalue weighted by Crippen LogP contribution is -2.01. The van der Waals surface area contributed by atoms with Gasteiger partial charge in [-0.2, -0.15) is 0 Å². The summed E-state index contributed by atoms with van der Waals surface area (Å²) in [6.07, 6.45) is -0.786. The smallest absolute Gasteiger partial charge is 0.125 e. The summed E-state index contributed by atoms with van der Waals surface area (Å²) in [5.74, 6) is 0.833. The van der Waals surface area contributed by atoms with Gasteiger partial charge < -0.3 is 14.6 Å². The van der Waals surface area contributed by atoms with Gasteiger partial charge in [0.25, 0.3) is 0 Å². The molecule has 0 aliphatic heterocycles. The van der Waals surface area contributed by atoms with Crippen LogP contribution < -0.4 is 9.47 Å². The van der Waals surface area contributed by atoms with Crippen molar-refractivity contribution in [2.24, 2.45) is 0 Å². The first-order valence-corrected chi connectivity index (χ1v) is 6.33. The zero-order valence-corrected chi connectivity index (χ0v) is 11.5. The molecule has 0 saturated carbocycles. The Morgan fingerprint density at radius 1 is 1.20 bits per heavy atom. The summed E-state index contributed by atoms with van der Waals surface area (Å²) in [7, 11) is 1.60. The van der Waals surface area contributed by atoms with Gasteiger partial charge in [-0.3, -0.25) is 0 Å². The number of rotatable bonds is 5. The van der Waals surface area contributed by atoms with Gasteiger partial charge >= 0.3 is 0 Å². The van der Waals surface area contributed by atoms with Crippen LogP contribution >= 0.6 is 0 Å². The topological polar surface area (TPSA) is 38.7 Å². The molecule has 0 amide bonds. The second-order valence-electron chi connectivity index (χ2n) is 4.50. The molecule has 0 bridgehead atoms. The summed E-state index contributed by atoms with van der Waals surface area (Å²) >= 11 is 0. The van der Waals surface area contributed by atoms with Crippen molar-refractivity contribution in [3.8, 4) is 11.5 Å². The van der Waals surface area contributed by atoms with Crippen LogP contribution in [0.15, 0.2) is 42.5 Å². The van der Waals surface area contributed by atoms with Crippen molar-refractivity contribution in [1.29, 1.82) is 0 Å². The summed E-state index contributed by atoms with van der Waals surface area (Å²) in [6, 6.07) is 11.6. The Morgan fingerprint density at radius 3 is 2.70 bits per heavy atom. The lowest BCUT2D eigenvalue weighted by Gasteiger charge is -2.14. The lowest BCUT2D eigenvalue weighted by molar-refractivity contribution is 0.189. The van der Waals surface area contributed by atoms with Gasteiger partial charge in [-0.1, -0.05) is 12.1 Å². The standard InChI is InChI=1S/C16H17FO3/c1-11(18)15-9-13(17)6-7-16(15)20-10-12-4-3-5-14(8-12)19-2/h3-9,11,18H,10H2,1-2H3. The molecule has 0 spiro atoms. The highest BCUT2D eigenvalue weighted by Gasteiger charge is 2.10. The third-order valence-corrected chi connectivity index (χ3v) is 2.95. The molecule has 0 heterocycles. The van der Waals surface area contributed by atoms with Gasteiger partial charge in [0, 0.05) is 5.56 Å². The minimum atomic E-state index is -0.786. The van der Waals surface area contributed by atoms with Crippen molar-refractivity contribution in [2.45, 2.75) is 19.6 Å². The molecule has 0 saturated heterocycles. The fraction of sp³-hybridized carbons (Fsp3) is 0.250. The van der Waals surface area contributed by atoms with Crippen LogP contribution in [-0.4, -0.2) is 12.2 Å². The van der Waals surface area contributed by atoms with E-state index in [4.69, 9.17) is 9.47 Å². The Kier molecular flexibility index (Phi) is 4.58. The van der Waals surface area contributed by atoms with Gasteiger partial charge in [0.2, 0.25) is 0 Å². The normalized spacial score (nSPS) is 12.0. The maximum atomic E-state index is 13.2. The lowest BCUT2D eigenvalue weighted by atomic mass is 10.1. The molecule has 0 aliphatic rings. The molecule has 2 aromatic rings. The van der Waals surface area contributed by atoms with E-state index in [1.165, 1.54) is 18.2 Å². The van der Waals surface area contributed by atoms with Crippen molar-refractivity contribution < 1.29 is 19.0 Å². The number of aliphatic hydroxyl groups is 1. The summed E-state index contributed by atoms with van der Waals surface area (Å²) < 4.78 is 24.0. The third kappa shape index (κ3) is 3.48. The zero-order valence-electron chi connectivity index (χ0n) is 11.5. The maximum absolute atomic E-state index is 13.2. The number of aliphatic hydroxyl groups excluding tert-OH is 1. The summed E-state index contributed by atoms with van der Waals surface area (Å²) in [4.78, 5) is 0. The Labute approximate surface area is 117 Å². The first-order chi connectivity index (χ1) is 9.60. The van der Waals surface area contributed by atoms with E-state index in [0.717, 1.165) is 11.3 Å². The molecule has 1 unspecified atom stereocenters. The van der Waals surface area contributed by atoms with Crippen molar-refractivity contribution in [2.75, 3.05) is 7.11 Å². The van der Waals surface area contributed by atoms with Crippen LogP contribution in [0, 0.1) is 5.82 Å². The van der Waals surface area contributed by atoms with Gasteiger partial charge in [0.15, 0.2) is 0 Å². The van der Waals surface area contributed by atoms with Crippen LogP contribution in [0.5, 0.6) is 11.5 Å². The molecular formula is C16H17FO3. The van der Waals surface area contributed by atoms with E-state index < -0.39 is 11.9 Å². The highest BCUT2D eigenvalue weighted by Crippen LogP contribution is 2.27. The summed E-state index contributed by atoms with van der Waals surface area (Å²) in [5.41, 5.74) is 1.37. The quantitative estimate of drug-likeness (QED) is 0.908. The van der Waals surface area contributed by atoms with Gasteiger partial charge in [0.1, 0.15) is 23.9 Å². The third-order valence-electron chi connectivity index (χ3n) is 2.95. The van der Waals surface area contributed by atoms with Crippen LogP contribution in [0.3, 0.4) is 0 Å². The van der Waals surface area contributed by atoms with E-state index in [-0.39, 0.29) is 0 Å². The predicted octanol–water partition coefficient (Wildman–Crippen LogP) is 3.47. The summed E-state index contributed by atoms with van der Waals surface area (Å²) in [6.45, 7) is 1.90. The Morgan fingerprint density at radius 2 is 2.00 bits per heavy atom. The minimum Gasteiger partial charge on any atom is -0.497 e. The number of methoxy groups -OCH3 is 1. The fourth-order valence-electron chi connectivity index (χ4n) is 1.90. The molecule has 106 valence electrons. The first kappa shape index (κ1) is 14.3. The number of ether oxygens (including phenoxy) is 2. The molecule has 1 N–H and O–H groups in total. The monoisotopic (exact) mass is 276 g/mol. The van der Waals surface area contributed by atoms with E-state index in [1.54, 1.807) is 14.0 Å². The van der Waals surface area contributed by atoms with Gasteiger partial charge in [-0.15, -0.1) is 0 Å². The van der Waals surface area contributed by atoms with Crippen LogP contribution in [0.2, 0.25) is 0 Å². The Hall–Kier alpha value is -2.07. The zero-order chi connectivity index (χ0) is 14.5. The highest BCUT2D eigenvalue weighted by molar-refractivity contribution is 5.36. The molecule has 0 aliphatic carbocycles. The molecule has 4 heteroatoms. The van der Waals surface area contributed by atoms with Crippen molar-refractivity contribution >= 4 is 0 Å². The predicted molar refractivity (Wildman–Crippen MR) is 74.4 cm³/mol. The Bertz CT molecular complexity index is 582. The van der Waals surface area contributed by atoms with Crippen LogP contribution in [0.1, 0.15) is 24.2 Å². The molecule has 1 atom stereocenters. The average molecular weight is 276 g/mol. The number of halogens is 1. The maximum Gasteiger partial charge on any atom is 0.125 e. The number of benzene rings is 2. The highest BCUT2D eigenvalue weighted by atomic mass is 19.1.